The van der Waals surface area contributed by atoms with Crippen molar-refractivity contribution >= 4 is 23.5 Å². The van der Waals surface area contributed by atoms with E-state index in [2.05, 4.69) is 4.99 Å². The zero-order valence-electron chi connectivity index (χ0n) is 11.3. The number of hydrogen-bond acceptors (Lipinski definition) is 2. The topological polar surface area (TPSA) is 64.7 Å². The predicted octanol–water partition coefficient (Wildman–Crippen LogP) is 3.47. The van der Waals surface area contributed by atoms with Crippen LogP contribution in [0, 0.1) is 0 Å². The molecule has 0 heterocycles. The first-order valence-corrected chi connectivity index (χ1v) is 6.92. The van der Waals surface area contributed by atoms with Crippen LogP contribution in [0.2, 0.25) is 0 Å². The molecule has 0 radical (unpaired) electrons. The van der Waals surface area contributed by atoms with Gasteiger partial charge >= 0.3 is 6.09 Å². The molecular weight excluding hydrogens is 288 g/mol. The average Bonchev–Trinajstić information content (AvgIpc) is 2.54. The minimum absolute atomic E-state index is 0.120. The third kappa shape index (κ3) is 4.61. The number of nitrogens with two attached hydrogens (primary N) is 1. The van der Waals surface area contributed by atoms with Crippen LogP contribution < -0.4 is 5.73 Å². The van der Waals surface area contributed by atoms with Crippen LogP contribution in [0.1, 0.15) is 16.7 Å². The van der Waals surface area contributed by atoms with Gasteiger partial charge in [0, 0.05) is 11.4 Å². The van der Waals surface area contributed by atoms with Gasteiger partial charge in [-0.25, -0.2) is 4.79 Å². The summed E-state index contributed by atoms with van der Waals surface area (Å²) in [6, 6.07) is 16.6. The van der Waals surface area contributed by atoms with Crippen molar-refractivity contribution in [2.45, 2.75) is 12.5 Å². The van der Waals surface area contributed by atoms with E-state index in [1.165, 1.54) is 0 Å². The Morgan fingerprint density at radius 1 is 1.05 bits per heavy atom. The van der Waals surface area contributed by atoms with Crippen molar-refractivity contribution in [3.63, 3.8) is 0 Å². The molecular formula is C16H15ClN2O2. The van der Waals surface area contributed by atoms with Gasteiger partial charge in [0.1, 0.15) is 12.4 Å². The highest BCUT2D eigenvalue weighted by Crippen LogP contribution is 2.07. The Hall–Kier alpha value is -2.33. The Labute approximate surface area is 128 Å². The molecule has 2 rings (SSSR count). The van der Waals surface area contributed by atoms with Crippen molar-refractivity contribution in [1.82, 2.24) is 0 Å². The van der Waals surface area contributed by atoms with Crippen molar-refractivity contribution in [1.29, 1.82) is 0 Å². The highest BCUT2D eigenvalue weighted by atomic mass is 35.5. The van der Waals surface area contributed by atoms with Crippen molar-refractivity contribution in [2.24, 2.45) is 10.7 Å². The number of nitrogens with zero attached hydrogens (tertiary/aromatic N) is 1. The standard InChI is InChI=1S/C16H15ClN2O2/c17-10-12-6-8-14(9-7-12)15(18)19-16(20)21-11-13-4-2-1-3-5-13/h1-9H,10-11H2,(H2,18,19,20). The lowest BCUT2D eigenvalue weighted by molar-refractivity contribution is 0.151. The molecule has 2 aromatic rings. The lowest BCUT2D eigenvalue weighted by Crippen LogP contribution is -2.16. The van der Waals surface area contributed by atoms with Crippen molar-refractivity contribution < 1.29 is 9.53 Å². The van der Waals surface area contributed by atoms with Crippen LogP contribution in [0.3, 0.4) is 0 Å². The molecule has 0 aliphatic rings. The van der Waals surface area contributed by atoms with Crippen LogP contribution in [0.5, 0.6) is 0 Å². The number of benzene rings is 2. The molecule has 4 nitrogen and oxygen atoms in total. The normalized spacial score (nSPS) is 11.2. The molecule has 0 bridgehead atoms. The fourth-order valence-corrected chi connectivity index (χ4v) is 1.86. The van der Waals surface area contributed by atoms with Crippen LogP contribution in [0.25, 0.3) is 0 Å². The van der Waals surface area contributed by atoms with Gasteiger partial charge in [0.25, 0.3) is 0 Å². The fraction of sp³-hybridized carbons (Fsp3) is 0.125. The molecule has 108 valence electrons. The molecule has 1 amide bonds. The molecule has 0 fully saturated rings. The predicted molar refractivity (Wildman–Crippen MR) is 83.4 cm³/mol. The van der Waals surface area contributed by atoms with Crippen molar-refractivity contribution in [3.8, 4) is 0 Å². The van der Waals surface area contributed by atoms with E-state index in [4.69, 9.17) is 22.1 Å². The number of halogens is 1. The lowest BCUT2D eigenvalue weighted by Gasteiger charge is -2.03. The van der Waals surface area contributed by atoms with E-state index in [-0.39, 0.29) is 12.4 Å². The number of rotatable bonds is 4. The Balaban J connectivity index is 1.95. The number of ether oxygens (including phenoxy) is 1. The Morgan fingerprint density at radius 3 is 2.33 bits per heavy atom. The molecule has 0 atom stereocenters. The van der Waals surface area contributed by atoms with E-state index < -0.39 is 6.09 Å². The largest absolute Gasteiger partial charge is 0.443 e. The summed E-state index contributed by atoms with van der Waals surface area (Å²) in [5, 5.41) is 0. The fourth-order valence-electron chi connectivity index (χ4n) is 1.68. The Bertz CT molecular complexity index is 624. The molecule has 0 aliphatic carbocycles. The second-order valence-electron chi connectivity index (χ2n) is 4.37. The molecule has 21 heavy (non-hydrogen) atoms. The van der Waals surface area contributed by atoms with Gasteiger partial charge in [-0.2, -0.15) is 4.99 Å². The maximum Gasteiger partial charge on any atom is 0.435 e. The van der Waals surface area contributed by atoms with E-state index in [0.29, 0.717) is 11.4 Å². The van der Waals surface area contributed by atoms with Crippen LogP contribution in [0.4, 0.5) is 4.79 Å². The molecule has 0 unspecified atom stereocenters. The first kappa shape index (κ1) is 15.1. The van der Waals surface area contributed by atoms with Gasteiger partial charge in [-0.05, 0) is 11.1 Å². The SMILES string of the molecule is NC(=NC(=O)OCc1ccccc1)c1ccc(CCl)cc1. The Kier molecular flexibility index (Phi) is 5.35. The Morgan fingerprint density at radius 2 is 1.71 bits per heavy atom. The molecule has 0 saturated heterocycles. The van der Waals surface area contributed by atoms with E-state index in [9.17, 15) is 4.79 Å². The van der Waals surface area contributed by atoms with E-state index in [1.54, 1.807) is 12.1 Å². The summed E-state index contributed by atoms with van der Waals surface area (Å²) in [4.78, 5) is 15.3. The van der Waals surface area contributed by atoms with Gasteiger partial charge in [0.2, 0.25) is 0 Å². The number of hydrogen-bond donors (Lipinski definition) is 1. The number of alkyl halides is 1. The minimum atomic E-state index is -0.710. The summed E-state index contributed by atoms with van der Waals surface area (Å²) in [6.45, 7) is 0.168. The molecule has 0 saturated carbocycles. The smallest absolute Gasteiger partial charge is 0.435 e. The summed E-state index contributed by atoms with van der Waals surface area (Å²) >= 11 is 5.71. The number of carbonyl (C=O) groups is 1. The first-order valence-electron chi connectivity index (χ1n) is 6.39. The second-order valence-corrected chi connectivity index (χ2v) is 4.64. The third-order valence-corrected chi connectivity index (χ3v) is 3.13. The number of carbonyl (C=O) groups excluding carboxylic acids is 1. The van der Waals surface area contributed by atoms with Crippen molar-refractivity contribution in [3.05, 3.63) is 71.3 Å². The van der Waals surface area contributed by atoms with Gasteiger partial charge < -0.3 is 10.5 Å². The molecule has 0 spiro atoms. The van der Waals surface area contributed by atoms with Crippen LogP contribution >= 0.6 is 11.6 Å². The van der Waals surface area contributed by atoms with Gasteiger partial charge in [-0.15, -0.1) is 11.6 Å². The van der Waals surface area contributed by atoms with Crippen LogP contribution in [0.15, 0.2) is 59.6 Å². The quantitative estimate of drug-likeness (QED) is 0.534. The van der Waals surface area contributed by atoms with Crippen LogP contribution in [-0.4, -0.2) is 11.9 Å². The number of aliphatic imine (C=N–C) groups is 1. The summed E-state index contributed by atoms with van der Waals surface area (Å²) in [5.41, 5.74) is 8.29. The summed E-state index contributed by atoms with van der Waals surface area (Å²) in [6.07, 6.45) is -0.710. The minimum Gasteiger partial charge on any atom is -0.443 e. The maximum atomic E-state index is 11.6. The number of amides is 1. The first-order chi connectivity index (χ1) is 10.2. The molecule has 2 N–H and O–H groups in total. The van der Waals surface area contributed by atoms with Crippen molar-refractivity contribution in [2.75, 3.05) is 0 Å². The van der Waals surface area contributed by atoms with Crippen LogP contribution in [-0.2, 0) is 17.2 Å². The summed E-state index contributed by atoms with van der Waals surface area (Å²) in [5.74, 6) is 0.547. The van der Waals surface area contributed by atoms with Gasteiger partial charge in [-0.3, -0.25) is 0 Å². The summed E-state index contributed by atoms with van der Waals surface area (Å²) < 4.78 is 5.04. The van der Waals surface area contributed by atoms with Gasteiger partial charge in [0.15, 0.2) is 0 Å². The summed E-state index contributed by atoms with van der Waals surface area (Å²) in [7, 11) is 0. The van der Waals surface area contributed by atoms with E-state index >= 15 is 0 Å². The highest BCUT2D eigenvalue weighted by Gasteiger charge is 2.05. The number of amidine groups is 1. The van der Waals surface area contributed by atoms with E-state index in [0.717, 1.165) is 11.1 Å². The van der Waals surface area contributed by atoms with Gasteiger partial charge in [-0.1, -0.05) is 54.6 Å². The highest BCUT2D eigenvalue weighted by molar-refractivity contribution is 6.17. The zero-order valence-corrected chi connectivity index (χ0v) is 12.1. The molecule has 0 aromatic heterocycles. The lowest BCUT2D eigenvalue weighted by atomic mass is 10.1. The molecule has 5 heteroatoms. The molecule has 2 aromatic carbocycles. The monoisotopic (exact) mass is 302 g/mol. The van der Waals surface area contributed by atoms with Gasteiger partial charge in [0.05, 0.1) is 0 Å². The molecule has 0 aliphatic heterocycles. The maximum absolute atomic E-state index is 11.6. The second kappa shape index (κ2) is 7.45. The average molecular weight is 303 g/mol. The van der Waals surface area contributed by atoms with E-state index in [1.807, 2.05) is 42.5 Å². The third-order valence-electron chi connectivity index (χ3n) is 2.82. The zero-order chi connectivity index (χ0) is 15.1.